The summed E-state index contributed by atoms with van der Waals surface area (Å²) in [5.41, 5.74) is 1.40. The van der Waals surface area contributed by atoms with E-state index in [1.54, 1.807) is 0 Å². The number of quaternary nitrogens is 1. The lowest BCUT2D eigenvalue weighted by molar-refractivity contribution is -1.62. The van der Waals surface area contributed by atoms with Gasteiger partial charge in [0.25, 0.3) is 0 Å². The van der Waals surface area contributed by atoms with Gasteiger partial charge in [-0.15, -0.1) is 0 Å². The maximum Gasteiger partial charge on any atom is 0.463 e. The second-order valence-corrected chi connectivity index (χ2v) is 5.83. The standard InChI is InChI=1S/C10H16N.BrClO3/c1-11(2,3)9-10-7-5-4-6-8-10;2-5-1(3)4/h4-8H,9H2,1-3H3;/q+1;. The van der Waals surface area contributed by atoms with Gasteiger partial charge in [-0.25, -0.2) is 0 Å². The third kappa shape index (κ3) is 10.4. The van der Waals surface area contributed by atoms with Crippen LogP contribution in [0.25, 0.3) is 0 Å². The average Bonchev–Trinajstić information content (AvgIpc) is 2.17. The van der Waals surface area contributed by atoms with E-state index in [0.717, 1.165) is 11.0 Å². The Balaban J connectivity index is 0.000000385. The summed E-state index contributed by atoms with van der Waals surface area (Å²) in [5, 5.41) is 0. The van der Waals surface area contributed by atoms with E-state index in [1.807, 2.05) is 0 Å². The zero-order valence-corrected chi connectivity index (χ0v) is 11.9. The van der Waals surface area contributed by atoms with Crippen LogP contribution in [0.4, 0.5) is 0 Å². The lowest BCUT2D eigenvalue weighted by Gasteiger charge is -2.23. The van der Waals surface area contributed by atoms with Crippen LogP contribution < -0.4 is 8.40 Å². The van der Waals surface area contributed by atoms with Gasteiger partial charge in [-0.1, -0.05) is 30.3 Å². The summed E-state index contributed by atoms with van der Waals surface area (Å²) < 4.78 is 22.4. The van der Waals surface area contributed by atoms with Crippen LogP contribution in [0.2, 0.25) is 0 Å². The Bertz CT molecular complexity index is 277. The molecule has 0 radical (unpaired) electrons. The van der Waals surface area contributed by atoms with Crippen LogP contribution in [0, 0.1) is 14.8 Å². The van der Waals surface area contributed by atoms with Crippen molar-refractivity contribution < 1.29 is 31.1 Å². The van der Waals surface area contributed by atoms with Crippen molar-refractivity contribution in [3.8, 4) is 0 Å². The van der Waals surface area contributed by atoms with Crippen molar-refractivity contribution in [2.45, 2.75) is 6.54 Å². The zero-order chi connectivity index (χ0) is 12.6. The second kappa shape index (κ2) is 8.00. The van der Waals surface area contributed by atoms with Gasteiger partial charge in [0, 0.05) is 5.56 Å². The largest absolute Gasteiger partial charge is 0.463 e. The Morgan fingerprint density at radius 3 is 1.94 bits per heavy atom. The fourth-order valence-corrected chi connectivity index (χ4v) is 1.13. The summed E-state index contributed by atoms with van der Waals surface area (Å²) in [6, 6.07) is 10.6. The molecule has 1 aromatic rings. The van der Waals surface area contributed by atoms with Crippen molar-refractivity contribution >= 4 is 11.9 Å². The Morgan fingerprint density at radius 2 is 1.62 bits per heavy atom. The van der Waals surface area contributed by atoms with Crippen LogP contribution in [0.5, 0.6) is 0 Å². The molecule has 0 spiro atoms. The van der Waals surface area contributed by atoms with Crippen LogP contribution in [-0.4, -0.2) is 25.6 Å². The molecule has 0 amide bonds. The Kier molecular flexibility index (Phi) is 7.91. The molecule has 1 aromatic carbocycles. The van der Waals surface area contributed by atoms with E-state index < -0.39 is 14.8 Å². The van der Waals surface area contributed by atoms with E-state index in [4.69, 9.17) is 8.40 Å². The number of nitrogens with zero attached hydrogens (tertiary/aromatic N) is 1. The fourth-order valence-electron chi connectivity index (χ4n) is 1.13. The van der Waals surface area contributed by atoms with Gasteiger partial charge >= 0.3 is 14.8 Å². The lowest BCUT2D eigenvalue weighted by atomic mass is 10.2. The van der Waals surface area contributed by atoms with Gasteiger partial charge in [-0.3, -0.25) is 0 Å². The minimum atomic E-state index is -3.13. The molecule has 0 aromatic heterocycles. The predicted molar refractivity (Wildman–Crippen MR) is 55.1 cm³/mol. The Labute approximate surface area is 107 Å². The Morgan fingerprint density at radius 1 is 1.19 bits per heavy atom. The Hall–Kier alpha value is -0.170. The van der Waals surface area contributed by atoms with Crippen LogP contribution in [0.15, 0.2) is 30.3 Å². The molecule has 0 unspecified atom stereocenters. The normalized spacial score (nSPS) is 10.9. The van der Waals surface area contributed by atoms with Crippen molar-refractivity contribution in [3.63, 3.8) is 0 Å². The maximum absolute atomic E-state index is 9.09. The third-order valence-electron chi connectivity index (χ3n) is 1.55. The fraction of sp³-hybridized carbons (Fsp3) is 0.400. The molecule has 0 aliphatic carbocycles. The third-order valence-corrected chi connectivity index (χ3v) is 2.24. The van der Waals surface area contributed by atoms with Crippen LogP contribution in [0.3, 0.4) is 0 Å². The second-order valence-electron chi connectivity index (χ2n) is 4.18. The van der Waals surface area contributed by atoms with E-state index in [-0.39, 0.29) is 0 Å². The molecule has 0 N–H and O–H groups in total. The molecule has 1 rings (SSSR count). The topological polar surface area (TPSA) is 55.3 Å². The van der Waals surface area contributed by atoms with E-state index in [1.165, 1.54) is 5.56 Å². The number of halogens is 2. The molecule has 0 aliphatic rings. The highest BCUT2D eigenvalue weighted by molar-refractivity contribution is 6.06. The van der Waals surface area contributed by atoms with Gasteiger partial charge < -0.3 is 12.9 Å². The van der Waals surface area contributed by atoms with E-state index in [9.17, 15) is 0 Å². The maximum atomic E-state index is 9.09. The van der Waals surface area contributed by atoms with Crippen LogP contribution in [-0.2, 0) is 9.93 Å². The van der Waals surface area contributed by atoms with Crippen molar-refractivity contribution in [3.05, 3.63) is 35.9 Å². The van der Waals surface area contributed by atoms with Gasteiger partial charge in [0.15, 0.2) is 11.9 Å². The van der Waals surface area contributed by atoms with Crippen LogP contribution in [0.1, 0.15) is 5.56 Å². The summed E-state index contributed by atoms with van der Waals surface area (Å²) in [6.07, 6.45) is 0. The van der Waals surface area contributed by atoms with E-state index >= 15 is 0 Å². The highest BCUT2D eigenvalue weighted by atomic mass is 80.0. The summed E-state index contributed by atoms with van der Waals surface area (Å²) in [4.78, 5) is 0. The van der Waals surface area contributed by atoms with Crippen molar-refractivity contribution in [1.29, 1.82) is 0 Å². The predicted octanol–water partition coefficient (Wildman–Crippen LogP) is 0.136. The first-order chi connectivity index (χ1) is 7.35. The summed E-state index contributed by atoms with van der Waals surface area (Å²) in [5.74, 6) is 0. The van der Waals surface area contributed by atoms with Crippen molar-refractivity contribution in [2.75, 3.05) is 21.1 Å². The first-order valence-corrected chi connectivity index (χ1v) is 6.79. The van der Waals surface area contributed by atoms with E-state index in [0.29, 0.717) is 0 Å². The highest BCUT2D eigenvalue weighted by Crippen LogP contribution is 2.05. The zero-order valence-electron chi connectivity index (χ0n) is 9.52. The molecule has 0 saturated carbocycles. The summed E-state index contributed by atoms with van der Waals surface area (Å²) in [7, 11) is 6.60. The first-order valence-electron chi connectivity index (χ1n) is 4.54. The SMILES string of the molecule is C[N+](C)(C)Cc1ccccc1.[O-][Br+2]([O-])OCl. The number of hydrogen-bond donors (Lipinski definition) is 0. The molecule has 0 bridgehead atoms. The molecule has 0 fully saturated rings. The molecule has 16 heavy (non-hydrogen) atoms. The van der Waals surface area contributed by atoms with Gasteiger partial charge in [0.1, 0.15) is 9.93 Å². The average molecular weight is 314 g/mol. The molecular weight excluding hydrogens is 297 g/mol. The smallest absolute Gasteiger partial charge is 0.371 e. The summed E-state index contributed by atoms with van der Waals surface area (Å²) in [6.45, 7) is 1.10. The number of benzene rings is 1. The highest BCUT2D eigenvalue weighted by Gasteiger charge is 2.06. The monoisotopic (exact) mass is 312 g/mol. The molecule has 0 heterocycles. The minimum Gasteiger partial charge on any atom is -0.371 e. The first kappa shape index (κ1) is 15.8. The minimum absolute atomic E-state index is 0.990. The van der Waals surface area contributed by atoms with Crippen LogP contribution >= 0.6 is 11.9 Å². The van der Waals surface area contributed by atoms with Gasteiger partial charge in [-0.05, 0) is 0 Å². The molecule has 92 valence electrons. The molecule has 0 aliphatic heterocycles. The van der Waals surface area contributed by atoms with Crippen molar-refractivity contribution in [2.24, 2.45) is 0 Å². The molecule has 4 nitrogen and oxygen atoms in total. The molecule has 0 atom stereocenters. The van der Waals surface area contributed by atoms with Gasteiger partial charge in [0.2, 0.25) is 0 Å². The van der Waals surface area contributed by atoms with E-state index in [2.05, 4.69) is 66.7 Å². The van der Waals surface area contributed by atoms with Gasteiger partial charge in [0.05, 0.1) is 21.1 Å². The van der Waals surface area contributed by atoms with Crippen molar-refractivity contribution in [1.82, 2.24) is 0 Å². The molecular formula is C10H16BrClNO3+. The number of hydrogen-bond acceptors (Lipinski definition) is 3. The summed E-state index contributed by atoms with van der Waals surface area (Å²) >= 11 is 1.13. The van der Waals surface area contributed by atoms with Gasteiger partial charge in [-0.2, -0.15) is 0 Å². The molecule has 6 heteroatoms. The number of rotatable bonds is 3. The lowest BCUT2D eigenvalue weighted by Crippen LogP contribution is -2.33. The quantitative estimate of drug-likeness (QED) is 0.746. The molecule has 0 saturated heterocycles.